The number of fused-ring (bicyclic) bond motifs is 4. The Morgan fingerprint density at radius 1 is 0.931 bits per heavy atom. The topological polar surface area (TPSA) is 65.0 Å². The van der Waals surface area contributed by atoms with Gasteiger partial charge in [0.25, 0.3) is 0 Å². The third-order valence-corrected chi connectivity index (χ3v) is 6.41. The lowest BCUT2D eigenvalue weighted by Gasteiger charge is -2.10. The van der Waals surface area contributed by atoms with Crippen molar-refractivity contribution in [3.8, 4) is 0 Å². The zero-order chi connectivity index (χ0) is 19.6. The second-order valence-electron chi connectivity index (χ2n) is 6.39. The molecule has 0 fully saturated rings. The summed E-state index contributed by atoms with van der Waals surface area (Å²) in [4.78, 5) is 26.5. The van der Waals surface area contributed by atoms with Gasteiger partial charge in [0, 0.05) is 16.2 Å². The van der Waals surface area contributed by atoms with Gasteiger partial charge in [0.15, 0.2) is 0 Å². The van der Waals surface area contributed by atoms with E-state index in [0.717, 1.165) is 42.6 Å². The number of ether oxygens (including phenoxy) is 1. The first kappa shape index (κ1) is 18.0. The molecule has 0 bridgehead atoms. The molecule has 0 radical (unpaired) electrons. The Labute approximate surface area is 174 Å². The molecule has 142 valence electrons. The van der Waals surface area contributed by atoms with Gasteiger partial charge >= 0.3 is 5.97 Å². The summed E-state index contributed by atoms with van der Waals surface area (Å²) in [6.07, 6.45) is 1.53. The van der Waals surface area contributed by atoms with Crippen LogP contribution in [0.2, 0.25) is 0 Å². The lowest BCUT2D eigenvalue weighted by atomic mass is 10.0. The first-order chi connectivity index (χ1) is 14.3. The maximum atomic E-state index is 12.4. The average Bonchev–Trinajstić information content (AvgIpc) is 3.25. The zero-order valence-electron chi connectivity index (χ0n) is 15.2. The van der Waals surface area contributed by atoms with Crippen LogP contribution in [0.5, 0.6) is 0 Å². The standard InChI is InChI=1S/C22H15N3O2S2/c26-20(12-29-22-17-9-10-28-21(17)23-13-24-22)27-11-19-16-7-2-1-5-14(16)15-6-3-4-8-18(15)25-19/h1-10,13H,11-12H2. The molecular formula is C22H15N3O2S2. The van der Waals surface area contributed by atoms with Crippen LogP contribution in [0.1, 0.15) is 5.69 Å². The maximum absolute atomic E-state index is 12.4. The van der Waals surface area contributed by atoms with E-state index < -0.39 is 0 Å². The molecule has 0 unspecified atom stereocenters. The van der Waals surface area contributed by atoms with E-state index in [-0.39, 0.29) is 18.3 Å². The number of pyridine rings is 1. The molecule has 0 aliphatic heterocycles. The minimum Gasteiger partial charge on any atom is -0.459 e. The number of thioether (sulfide) groups is 1. The minimum absolute atomic E-state index is 0.141. The van der Waals surface area contributed by atoms with Crippen LogP contribution in [0, 0.1) is 0 Å². The number of hydrogen-bond donors (Lipinski definition) is 0. The van der Waals surface area contributed by atoms with Crippen LogP contribution in [0.4, 0.5) is 0 Å². The van der Waals surface area contributed by atoms with Gasteiger partial charge in [0.2, 0.25) is 0 Å². The van der Waals surface area contributed by atoms with Gasteiger partial charge in [-0.25, -0.2) is 15.0 Å². The van der Waals surface area contributed by atoms with Crippen LogP contribution in [0.25, 0.3) is 31.9 Å². The van der Waals surface area contributed by atoms with E-state index in [1.165, 1.54) is 18.1 Å². The van der Waals surface area contributed by atoms with E-state index in [0.29, 0.717) is 0 Å². The number of esters is 1. The fraction of sp³-hybridized carbons (Fsp3) is 0.0909. The maximum Gasteiger partial charge on any atom is 0.316 e. The van der Waals surface area contributed by atoms with Gasteiger partial charge in [0.1, 0.15) is 22.8 Å². The smallest absolute Gasteiger partial charge is 0.316 e. The van der Waals surface area contributed by atoms with E-state index in [9.17, 15) is 4.79 Å². The molecule has 0 saturated heterocycles. The highest BCUT2D eigenvalue weighted by Crippen LogP contribution is 2.29. The summed E-state index contributed by atoms with van der Waals surface area (Å²) >= 11 is 2.92. The van der Waals surface area contributed by atoms with Crippen molar-refractivity contribution < 1.29 is 9.53 Å². The molecule has 7 heteroatoms. The molecule has 0 aliphatic carbocycles. The number of aromatic nitrogens is 3. The second-order valence-corrected chi connectivity index (χ2v) is 8.25. The molecule has 5 nitrogen and oxygen atoms in total. The fourth-order valence-electron chi connectivity index (χ4n) is 3.28. The van der Waals surface area contributed by atoms with E-state index >= 15 is 0 Å². The molecule has 5 aromatic rings. The molecule has 0 atom stereocenters. The summed E-state index contributed by atoms with van der Waals surface area (Å²) in [5.74, 6) is -0.107. The molecule has 29 heavy (non-hydrogen) atoms. The van der Waals surface area contributed by atoms with Crippen molar-refractivity contribution in [3.05, 3.63) is 72.0 Å². The van der Waals surface area contributed by atoms with E-state index in [1.807, 2.05) is 47.8 Å². The van der Waals surface area contributed by atoms with Gasteiger partial charge in [0.05, 0.1) is 17.0 Å². The molecule has 0 amide bonds. The number of thiophene rings is 1. The zero-order valence-corrected chi connectivity index (χ0v) is 16.9. The Balaban J connectivity index is 1.33. The minimum atomic E-state index is -0.295. The number of para-hydroxylation sites is 1. The Kier molecular flexibility index (Phi) is 4.83. The predicted octanol–water partition coefficient (Wildman–Crippen LogP) is 5.23. The van der Waals surface area contributed by atoms with Gasteiger partial charge < -0.3 is 4.74 Å². The van der Waals surface area contributed by atoms with Crippen molar-refractivity contribution in [3.63, 3.8) is 0 Å². The van der Waals surface area contributed by atoms with Crippen LogP contribution in [0.3, 0.4) is 0 Å². The summed E-state index contributed by atoms with van der Waals surface area (Å²) in [7, 11) is 0. The van der Waals surface area contributed by atoms with Gasteiger partial charge in [-0.05, 0) is 22.9 Å². The van der Waals surface area contributed by atoms with Gasteiger partial charge in [-0.2, -0.15) is 0 Å². The van der Waals surface area contributed by atoms with Crippen LogP contribution in [-0.2, 0) is 16.1 Å². The van der Waals surface area contributed by atoms with Crippen molar-refractivity contribution in [2.45, 2.75) is 11.6 Å². The van der Waals surface area contributed by atoms with E-state index in [4.69, 9.17) is 9.72 Å². The highest BCUT2D eigenvalue weighted by Gasteiger charge is 2.12. The Morgan fingerprint density at radius 2 is 1.72 bits per heavy atom. The first-order valence-corrected chi connectivity index (χ1v) is 10.9. The Morgan fingerprint density at radius 3 is 2.62 bits per heavy atom. The number of nitrogens with zero attached hydrogens (tertiary/aromatic N) is 3. The van der Waals surface area contributed by atoms with Crippen molar-refractivity contribution in [1.29, 1.82) is 0 Å². The first-order valence-electron chi connectivity index (χ1n) is 9.02. The van der Waals surface area contributed by atoms with Crippen LogP contribution >= 0.6 is 23.1 Å². The largest absolute Gasteiger partial charge is 0.459 e. The van der Waals surface area contributed by atoms with Crippen molar-refractivity contribution in [2.75, 3.05) is 5.75 Å². The van der Waals surface area contributed by atoms with Crippen molar-refractivity contribution >= 4 is 61.0 Å². The molecule has 3 heterocycles. The normalized spacial score (nSPS) is 11.3. The van der Waals surface area contributed by atoms with Crippen LogP contribution in [-0.4, -0.2) is 26.7 Å². The van der Waals surface area contributed by atoms with Gasteiger partial charge in [-0.3, -0.25) is 4.79 Å². The molecule has 0 saturated carbocycles. The lowest BCUT2D eigenvalue weighted by Crippen LogP contribution is -2.09. The quantitative estimate of drug-likeness (QED) is 0.169. The number of carbonyl (C=O) groups excluding carboxylic acids is 1. The third-order valence-electron chi connectivity index (χ3n) is 4.61. The molecule has 0 spiro atoms. The highest BCUT2D eigenvalue weighted by atomic mass is 32.2. The fourth-order valence-corrected chi connectivity index (χ4v) is 4.86. The van der Waals surface area contributed by atoms with Crippen LogP contribution < -0.4 is 0 Å². The van der Waals surface area contributed by atoms with Crippen LogP contribution in [0.15, 0.2) is 71.3 Å². The summed E-state index contributed by atoms with van der Waals surface area (Å²) in [5.41, 5.74) is 1.66. The average molecular weight is 418 g/mol. The summed E-state index contributed by atoms with van der Waals surface area (Å²) < 4.78 is 5.54. The summed E-state index contributed by atoms with van der Waals surface area (Å²) in [6, 6.07) is 18.0. The van der Waals surface area contributed by atoms with E-state index in [2.05, 4.69) is 22.1 Å². The molecule has 2 aromatic carbocycles. The molecular weight excluding hydrogens is 402 g/mol. The third kappa shape index (κ3) is 3.54. The van der Waals surface area contributed by atoms with Crippen molar-refractivity contribution in [1.82, 2.24) is 15.0 Å². The number of rotatable bonds is 5. The monoisotopic (exact) mass is 417 g/mol. The van der Waals surface area contributed by atoms with Gasteiger partial charge in [-0.1, -0.05) is 54.2 Å². The summed E-state index contributed by atoms with van der Waals surface area (Å²) in [6.45, 7) is 0.141. The Bertz CT molecular complexity index is 1350. The molecule has 0 N–H and O–H groups in total. The highest BCUT2D eigenvalue weighted by molar-refractivity contribution is 8.00. The number of hydrogen-bond acceptors (Lipinski definition) is 7. The Hall–Kier alpha value is -3.03. The molecule has 3 aromatic heterocycles. The molecule has 5 rings (SSSR count). The second kappa shape index (κ2) is 7.77. The number of benzene rings is 2. The van der Waals surface area contributed by atoms with E-state index in [1.54, 1.807) is 11.3 Å². The number of carbonyl (C=O) groups is 1. The molecule has 0 aliphatic rings. The predicted molar refractivity (Wildman–Crippen MR) is 117 cm³/mol. The summed E-state index contributed by atoms with van der Waals surface area (Å²) in [5, 5.41) is 6.94. The van der Waals surface area contributed by atoms with Gasteiger partial charge in [-0.15, -0.1) is 11.3 Å². The van der Waals surface area contributed by atoms with Crippen molar-refractivity contribution in [2.24, 2.45) is 0 Å². The lowest BCUT2D eigenvalue weighted by molar-refractivity contribution is -0.141. The SMILES string of the molecule is O=C(CSc1ncnc2sccc12)OCc1nc2ccccc2c2ccccc12.